The summed E-state index contributed by atoms with van der Waals surface area (Å²) in [7, 11) is -3.69. The first-order valence-corrected chi connectivity index (χ1v) is 6.78. The van der Waals surface area contributed by atoms with Gasteiger partial charge in [0.25, 0.3) is 0 Å². The Balaban J connectivity index is 3.06. The van der Waals surface area contributed by atoms with E-state index in [4.69, 9.17) is 11.0 Å². The third kappa shape index (κ3) is 3.58. The second-order valence-electron chi connectivity index (χ2n) is 4.00. The first kappa shape index (κ1) is 14.2. The maximum atomic E-state index is 12.0. The molecule has 1 aromatic carbocycles. The van der Waals surface area contributed by atoms with E-state index in [1.807, 2.05) is 19.9 Å². The maximum absolute atomic E-state index is 12.0. The summed E-state index contributed by atoms with van der Waals surface area (Å²) >= 11 is 0. The molecule has 0 spiro atoms. The standard InChI is InChI=1S/C12H15N3O2S/c1-9(2)5-6-15-18(16,17)12-4-3-11(14)7-10(12)8-13/h3-5,7,15H,6,14H2,1-2H3. The van der Waals surface area contributed by atoms with Gasteiger partial charge in [0.1, 0.15) is 6.07 Å². The summed E-state index contributed by atoms with van der Waals surface area (Å²) in [6.07, 6.45) is 1.75. The number of nitriles is 1. The molecule has 0 heterocycles. The predicted molar refractivity (Wildman–Crippen MR) is 70.2 cm³/mol. The molecule has 0 bridgehead atoms. The predicted octanol–water partition coefficient (Wildman–Crippen LogP) is 1.38. The Morgan fingerprint density at radius 3 is 2.72 bits per heavy atom. The van der Waals surface area contributed by atoms with Gasteiger partial charge in [0.2, 0.25) is 10.0 Å². The lowest BCUT2D eigenvalue weighted by atomic mass is 10.2. The Kier molecular flexibility index (Phi) is 4.48. The van der Waals surface area contributed by atoms with E-state index in [0.717, 1.165) is 5.57 Å². The van der Waals surface area contributed by atoms with Crippen LogP contribution in [0.4, 0.5) is 5.69 Å². The highest BCUT2D eigenvalue weighted by atomic mass is 32.2. The van der Waals surface area contributed by atoms with Crippen molar-refractivity contribution in [1.29, 1.82) is 5.26 Å². The third-order valence-corrected chi connectivity index (χ3v) is 3.68. The van der Waals surface area contributed by atoms with Crippen LogP contribution in [0.25, 0.3) is 0 Å². The van der Waals surface area contributed by atoms with Crippen molar-refractivity contribution in [3.05, 3.63) is 35.4 Å². The quantitative estimate of drug-likeness (QED) is 0.635. The van der Waals surface area contributed by atoms with Crippen molar-refractivity contribution in [3.8, 4) is 6.07 Å². The Labute approximate surface area is 107 Å². The van der Waals surface area contributed by atoms with Crippen molar-refractivity contribution in [2.75, 3.05) is 12.3 Å². The summed E-state index contributed by atoms with van der Waals surface area (Å²) < 4.78 is 26.3. The average molecular weight is 265 g/mol. The molecule has 0 radical (unpaired) electrons. The fourth-order valence-electron chi connectivity index (χ4n) is 1.30. The van der Waals surface area contributed by atoms with Crippen LogP contribution in [0.1, 0.15) is 19.4 Å². The number of nitrogen functional groups attached to an aromatic ring is 1. The van der Waals surface area contributed by atoms with Crippen LogP contribution in [-0.4, -0.2) is 15.0 Å². The Morgan fingerprint density at radius 1 is 1.50 bits per heavy atom. The summed E-state index contributed by atoms with van der Waals surface area (Å²) in [6, 6.07) is 5.96. The molecule has 0 aliphatic heterocycles. The number of nitrogens with two attached hydrogens (primary N) is 1. The minimum absolute atomic E-state index is 0.0414. The molecule has 96 valence electrons. The van der Waals surface area contributed by atoms with E-state index in [1.54, 1.807) is 6.08 Å². The van der Waals surface area contributed by atoms with Crippen LogP contribution >= 0.6 is 0 Å². The molecule has 0 aliphatic rings. The van der Waals surface area contributed by atoms with Gasteiger partial charge in [-0.25, -0.2) is 13.1 Å². The van der Waals surface area contributed by atoms with Gasteiger partial charge in [0.15, 0.2) is 0 Å². The van der Waals surface area contributed by atoms with E-state index in [1.165, 1.54) is 18.2 Å². The fraction of sp³-hybridized carbons (Fsp3) is 0.250. The lowest BCUT2D eigenvalue weighted by molar-refractivity contribution is 0.585. The Morgan fingerprint density at radius 2 is 2.17 bits per heavy atom. The van der Waals surface area contributed by atoms with Crippen molar-refractivity contribution < 1.29 is 8.42 Å². The van der Waals surface area contributed by atoms with Crippen molar-refractivity contribution in [3.63, 3.8) is 0 Å². The number of sulfonamides is 1. The number of hydrogen-bond acceptors (Lipinski definition) is 4. The van der Waals surface area contributed by atoms with Gasteiger partial charge < -0.3 is 5.73 Å². The van der Waals surface area contributed by atoms with Gasteiger partial charge in [0, 0.05) is 12.2 Å². The monoisotopic (exact) mass is 265 g/mol. The molecular weight excluding hydrogens is 250 g/mol. The number of hydrogen-bond donors (Lipinski definition) is 2. The average Bonchev–Trinajstić information content (AvgIpc) is 2.27. The first-order chi connectivity index (χ1) is 8.36. The molecule has 3 N–H and O–H groups in total. The maximum Gasteiger partial charge on any atom is 0.242 e. The molecule has 0 aromatic heterocycles. The second kappa shape index (κ2) is 5.67. The van der Waals surface area contributed by atoms with E-state index >= 15 is 0 Å². The number of anilines is 1. The zero-order chi connectivity index (χ0) is 13.8. The number of rotatable bonds is 4. The zero-order valence-corrected chi connectivity index (χ0v) is 11.1. The Bertz CT molecular complexity index is 609. The molecule has 0 saturated heterocycles. The van der Waals surface area contributed by atoms with Crippen LogP contribution in [-0.2, 0) is 10.0 Å². The topological polar surface area (TPSA) is 96.0 Å². The van der Waals surface area contributed by atoms with Crippen LogP contribution in [0.15, 0.2) is 34.7 Å². The van der Waals surface area contributed by atoms with E-state index < -0.39 is 10.0 Å². The van der Waals surface area contributed by atoms with Crippen LogP contribution in [0, 0.1) is 11.3 Å². The summed E-state index contributed by atoms with van der Waals surface area (Å²) in [5, 5.41) is 8.91. The smallest absolute Gasteiger partial charge is 0.242 e. The molecule has 0 atom stereocenters. The van der Waals surface area contributed by atoms with Gasteiger partial charge in [-0.1, -0.05) is 11.6 Å². The first-order valence-electron chi connectivity index (χ1n) is 5.29. The van der Waals surface area contributed by atoms with Gasteiger partial charge in [-0.3, -0.25) is 0 Å². The minimum Gasteiger partial charge on any atom is -0.399 e. The van der Waals surface area contributed by atoms with Gasteiger partial charge >= 0.3 is 0 Å². The Hall–Kier alpha value is -1.84. The molecule has 6 heteroatoms. The highest BCUT2D eigenvalue weighted by Gasteiger charge is 2.17. The zero-order valence-electron chi connectivity index (χ0n) is 10.3. The van der Waals surface area contributed by atoms with E-state index in [2.05, 4.69) is 4.72 Å². The van der Waals surface area contributed by atoms with Crippen LogP contribution < -0.4 is 10.5 Å². The summed E-state index contributed by atoms with van der Waals surface area (Å²) in [6.45, 7) is 3.94. The molecule has 0 fully saturated rings. The molecular formula is C12H15N3O2S. The molecule has 0 amide bonds. The molecule has 0 unspecified atom stereocenters. The second-order valence-corrected chi connectivity index (χ2v) is 5.74. The molecule has 1 aromatic rings. The molecule has 5 nitrogen and oxygen atoms in total. The number of nitrogens with zero attached hydrogens (tertiary/aromatic N) is 1. The molecule has 0 saturated carbocycles. The van der Waals surface area contributed by atoms with E-state index in [9.17, 15) is 8.42 Å². The van der Waals surface area contributed by atoms with Crippen LogP contribution in [0.2, 0.25) is 0 Å². The normalized spacial score (nSPS) is 10.7. The van der Waals surface area contributed by atoms with Crippen molar-refractivity contribution >= 4 is 15.7 Å². The van der Waals surface area contributed by atoms with Crippen molar-refractivity contribution in [2.24, 2.45) is 0 Å². The van der Waals surface area contributed by atoms with Crippen molar-refractivity contribution in [1.82, 2.24) is 4.72 Å². The highest BCUT2D eigenvalue weighted by Crippen LogP contribution is 2.17. The van der Waals surface area contributed by atoms with E-state index in [-0.39, 0.29) is 17.0 Å². The molecule has 1 rings (SSSR count). The summed E-state index contributed by atoms with van der Waals surface area (Å²) in [5.41, 5.74) is 6.92. The van der Waals surface area contributed by atoms with Crippen LogP contribution in [0.3, 0.4) is 0 Å². The highest BCUT2D eigenvalue weighted by molar-refractivity contribution is 7.89. The lowest BCUT2D eigenvalue weighted by Gasteiger charge is -2.07. The van der Waals surface area contributed by atoms with Gasteiger partial charge in [-0.05, 0) is 32.0 Å². The SMILES string of the molecule is CC(C)=CCNS(=O)(=O)c1ccc(N)cc1C#N. The fourth-order valence-corrected chi connectivity index (χ4v) is 2.40. The molecule has 18 heavy (non-hydrogen) atoms. The third-order valence-electron chi connectivity index (χ3n) is 2.20. The van der Waals surface area contributed by atoms with E-state index in [0.29, 0.717) is 5.69 Å². The van der Waals surface area contributed by atoms with Gasteiger partial charge in [0.05, 0.1) is 10.5 Å². The van der Waals surface area contributed by atoms with Crippen molar-refractivity contribution in [2.45, 2.75) is 18.7 Å². The van der Waals surface area contributed by atoms with Gasteiger partial charge in [-0.15, -0.1) is 0 Å². The van der Waals surface area contributed by atoms with Gasteiger partial charge in [-0.2, -0.15) is 5.26 Å². The summed E-state index contributed by atoms with van der Waals surface area (Å²) in [4.78, 5) is -0.0543. The lowest BCUT2D eigenvalue weighted by Crippen LogP contribution is -2.24. The summed E-state index contributed by atoms with van der Waals surface area (Å²) in [5.74, 6) is 0. The number of benzene rings is 1. The number of allylic oxidation sites excluding steroid dienone is 1. The molecule has 0 aliphatic carbocycles. The minimum atomic E-state index is -3.69. The largest absolute Gasteiger partial charge is 0.399 e. The number of nitrogens with one attached hydrogen (secondary N) is 1. The van der Waals surface area contributed by atoms with Crippen LogP contribution in [0.5, 0.6) is 0 Å².